The standard InChI is InChI=1S/C15H17NO2/c16-13-8-6-12(7-9-13)15(18)10-14(17)11-4-2-1-3-5-11/h1-9,14-15,17-18H,10,16H2. The Morgan fingerprint density at radius 3 is 1.83 bits per heavy atom. The predicted molar refractivity (Wildman–Crippen MR) is 71.8 cm³/mol. The molecular weight excluding hydrogens is 226 g/mol. The molecule has 3 nitrogen and oxygen atoms in total. The monoisotopic (exact) mass is 243 g/mol. The Morgan fingerprint density at radius 1 is 0.778 bits per heavy atom. The molecule has 0 radical (unpaired) electrons. The van der Waals surface area contributed by atoms with Crippen LogP contribution < -0.4 is 5.73 Å². The van der Waals surface area contributed by atoms with Gasteiger partial charge in [-0.1, -0.05) is 42.5 Å². The normalized spacial score (nSPS) is 14.1. The summed E-state index contributed by atoms with van der Waals surface area (Å²) in [5, 5.41) is 20.1. The Kier molecular flexibility index (Phi) is 3.97. The maximum atomic E-state index is 10.0. The number of benzene rings is 2. The molecule has 0 aromatic heterocycles. The lowest BCUT2D eigenvalue weighted by Crippen LogP contribution is -2.05. The van der Waals surface area contributed by atoms with Crippen LogP contribution in [0.15, 0.2) is 54.6 Å². The first-order chi connectivity index (χ1) is 8.66. The van der Waals surface area contributed by atoms with Crippen molar-refractivity contribution in [2.45, 2.75) is 18.6 Å². The number of hydrogen-bond donors (Lipinski definition) is 3. The molecule has 2 unspecified atom stereocenters. The minimum absolute atomic E-state index is 0.272. The molecule has 2 rings (SSSR count). The van der Waals surface area contributed by atoms with Gasteiger partial charge >= 0.3 is 0 Å². The van der Waals surface area contributed by atoms with Crippen LogP contribution in [0.4, 0.5) is 5.69 Å². The second kappa shape index (κ2) is 5.67. The van der Waals surface area contributed by atoms with Crippen LogP contribution in [0.3, 0.4) is 0 Å². The van der Waals surface area contributed by atoms with Gasteiger partial charge in [0.1, 0.15) is 0 Å². The zero-order chi connectivity index (χ0) is 13.0. The molecule has 0 aliphatic carbocycles. The molecule has 0 aliphatic heterocycles. The summed E-state index contributed by atoms with van der Waals surface area (Å²) < 4.78 is 0. The van der Waals surface area contributed by atoms with Gasteiger partial charge in [0.25, 0.3) is 0 Å². The van der Waals surface area contributed by atoms with Gasteiger partial charge in [-0.2, -0.15) is 0 Å². The fourth-order valence-electron chi connectivity index (χ4n) is 1.88. The third-order valence-electron chi connectivity index (χ3n) is 2.95. The molecule has 2 atom stereocenters. The van der Waals surface area contributed by atoms with Crippen molar-refractivity contribution in [3.63, 3.8) is 0 Å². The largest absolute Gasteiger partial charge is 0.399 e. The van der Waals surface area contributed by atoms with E-state index in [1.807, 2.05) is 30.3 Å². The topological polar surface area (TPSA) is 66.5 Å². The van der Waals surface area contributed by atoms with Crippen molar-refractivity contribution in [1.82, 2.24) is 0 Å². The molecule has 0 amide bonds. The Labute approximate surface area is 107 Å². The van der Waals surface area contributed by atoms with Crippen LogP contribution in [0.5, 0.6) is 0 Å². The number of anilines is 1. The van der Waals surface area contributed by atoms with Crippen LogP contribution in [0.1, 0.15) is 29.8 Å². The smallest absolute Gasteiger partial charge is 0.0818 e. The molecule has 2 aromatic carbocycles. The van der Waals surface area contributed by atoms with Gasteiger partial charge in [0.05, 0.1) is 12.2 Å². The lowest BCUT2D eigenvalue weighted by Gasteiger charge is -2.16. The molecule has 0 saturated carbocycles. The lowest BCUT2D eigenvalue weighted by molar-refractivity contribution is 0.0804. The average molecular weight is 243 g/mol. The van der Waals surface area contributed by atoms with Crippen molar-refractivity contribution < 1.29 is 10.2 Å². The molecule has 2 aromatic rings. The van der Waals surface area contributed by atoms with Crippen LogP contribution in [-0.2, 0) is 0 Å². The van der Waals surface area contributed by atoms with Gasteiger partial charge in [-0.05, 0) is 23.3 Å². The fourth-order valence-corrected chi connectivity index (χ4v) is 1.88. The highest BCUT2D eigenvalue weighted by molar-refractivity contribution is 5.39. The van der Waals surface area contributed by atoms with Gasteiger partial charge in [-0.3, -0.25) is 0 Å². The van der Waals surface area contributed by atoms with E-state index in [1.165, 1.54) is 0 Å². The van der Waals surface area contributed by atoms with Gasteiger partial charge in [0.15, 0.2) is 0 Å². The summed E-state index contributed by atoms with van der Waals surface area (Å²) in [6.45, 7) is 0. The molecular formula is C15H17NO2. The number of nitrogen functional groups attached to an aromatic ring is 1. The van der Waals surface area contributed by atoms with Crippen molar-refractivity contribution in [2.24, 2.45) is 0 Å². The Balaban J connectivity index is 2.03. The van der Waals surface area contributed by atoms with Gasteiger partial charge < -0.3 is 15.9 Å². The Hall–Kier alpha value is -1.84. The van der Waals surface area contributed by atoms with Crippen LogP contribution in [0.2, 0.25) is 0 Å². The summed E-state index contributed by atoms with van der Waals surface area (Å²) in [6.07, 6.45) is -1.09. The second-order valence-electron chi connectivity index (χ2n) is 4.34. The minimum Gasteiger partial charge on any atom is -0.399 e. The van der Waals surface area contributed by atoms with Gasteiger partial charge in [0.2, 0.25) is 0 Å². The SMILES string of the molecule is Nc1ccc(C(O)CC(O)c2ccccc2)cc1. The third kappa shape index (κ3) is 3.09. The lowest BCUT2D eigenvalue weighted by atomic mass is 9.99. The van der Waals surface area contributed by atoms with E-state index in [9.17, 15) is 10.2 Å². The Bertz CT molecular complexity index is 482. The summed E-state index contributed by atoms with van der Waals surface area (Å²) in [7, 11) is 0. The molecule has 0 heterocycles. The van der Waals surface area contributed by atoms with E-state index >= 15 is 0 Å². The molecule has 0 aliphatic rings. The first-order valence-corrected chi connectivity index (χ1v) is 5.93. The predicted octanol–water partition coefficient (Wildman–Crippen LogP) is 2.43. The summed E-state index contributed by atoms with van der Waals surface area (Å²) >= 11 is 0. The highest BCUT2D eigenvalue weighted by atomic mass is 16.3. The van der Waals surface area contributed by atoms with E-state index < -0.39 is 12.2 Å². The Morgan fingerprint density at radius 2 is 1.28 bits per heavy atom. The summed E-state index contributed by atoms with van der Waals surface area (Å²) in [6, 6.07) is 16.4. The quantitative estimate of drug-likeness (QED) is 0.722. The van der Waals surface area contributed by atoms with E-state index in [0.29, 0.717) is 5.69 Å². The number of aliphatic hydroxyl groups is 2. The number of aliphatic hydroxyl groups excluding tert-OH is 2. The molecule has 4 N–H and O–H groups in total. The highest BCUT2D eigenvalue weighted by Gasteiger charge is 2.15. The number of nitrogens with two attached hydrogens (primary N) is 1. The molecule has 0 fully saturated rings. The fraction of sp³-hybridized carbons (Fsp3) is 0.200. The van der Waals surface area contributed by atoms with Crippen LogP contribution in [0, 0.1) is 0 Å². The average Bonchev–Trinajstić information content (AvgIpc) is 2.40. The molecule has 94 valence electrons. The molecule has 3 heteroatoms. The van der Waals surface area contributed by atoms with Crippen molar-refractivity contribution >= 4 is 5.69 Å². The number of rotatable bonds is 4. The van der Waals surface area contributed by atoms with Crippen molar-refractivity contribution in [1.29, 1.82) is 0 Å². The minimum atomic E-state index is -0.694. The van der Waals surface area contributed by atoms with E-state index in [-0.39, 0.29) is 6.42 Å². The van der Waals surface area contributed by atoms with Gasteiger partial charge in [0, 0.05) is 12.1 Å². The van der Waals surface area contributed by atoms with Gasteiger partial charge in [-0.25, -0.2) is 0 Å². The summed E-state index contributed by atoms with van der Waals surface area (Å²) in [5.74, 6) is 0. The van der Waals surface area contributed by atoms with Gasteiger partial charge in [-0.15, -0.1) is 0 Å². The highest BCUT2D eigenvalue weighted by Crippen LogP contribution is 2.26. The maximum Gasteiger partial charge on any atom is 0.0818 e. The van der Waals surface area contributed by atoms with E-state index in [4.69, 9.17) is 5.73 Å². The summed E-state index contributed by atoms with van der Waals surface area (Å²) in [4.78, 5) is 0. The molecule has 0 bridgehead atoms. The molecule has 0 spiro atoms. The zero-order valence-corrected chi connectivity index (χ0v) is 10.0. The van der Waals surface area contributed by atoms with Crippen LogP contribution in [0.25, 0.3) is 0 Å². The molecule has 18 heavy (non-hydrogen) atoms. The second-order valence-corrected chi connectivity index (χ2v) is 4.34. The first kappa shape index (κ1) is 12.6. The zero-order valence-electron chi connectivity index (χ0n) is 10.0. The van der Waals surface area contributed by atoms with Crippen molar-refractivity contribution in [3.8, 4) is 0 Å². The third-order valence-corrected chi connectivity index (χ3v) is 2.95. The first-order valence-electron chi connectivity index (χ1n) is 5.93. The van der Waals surface area contributed by atoms with E-state index in [1.54, 1.807) is 24.3 Å². The van der Waals surface area contributed by atoms with Crippen molar-refractivity contribution in [3.05, 3.63) is 65.7 Å². The maximum absolute atomic E-state index is 10.0. The number of hydrogen-bond acceptors (Lipinski definition) is 3. The van der Waals surface area contributed by atoms with E-state index in [2.05, 4.69) is 0 Å². The van der Waals surface area contributed by atoms with Crippen LogP contribution in [-0.4, -0.2) is 10.2 Å². The van der Waals surface area contributed by atoms with E-state index in [0.717, 1.165) is 11.1 Å². The summed E-state index contributed by atoms with van der Waals surface area (Å²) in [5.41, 5.74) is 7.82. The molecule has 0 saturated heterocycles. The van der Waals surface area contributed by atoms with Crippen molar-refractivity contribution in [2.75, 3.05) is 5.73 Å². The van der Waals surface area contributed by atoms with Crippen LogP contribution >= 0.6 is 0 Å².